The van der Waals surface area contributed by atoms with Gasteiger partial charge in [0, 0.05) is 20.1 Å². The molecule has 0 saturated carbocycles. The summed E-state index contributed by atoms with van der Waals surface area (Å²) < 4.78 is 1.55. The molecule has 1 heterocycles. The summed E-state index contributed by atoms with van der Waals surface area (Å²) in [6, 6.07) is 0. The van der Waals surface area contributed by atoms with Gasteiger partial charge in [-0.3, -0.25) is 10.1 Å². The second kappa shape index (κ2) is 7.08. The highest BCUT2D eigenvalue weighted by molar-refractivity contribution is 5.61. The largest absolute Gasteiger partial charge is 0.395 e. The first-order valence-electron chi connectivity index (χ1n) is 6.62. The van der Waals surface area contributed by atoms with E-state index in [1.807, 2.05) is 18.7 Å². The fourth-order valence-corrected chi connectivity index (χ4v) is 2.22. The van der Waals surface area contributed by atoms with Gasteiger partial charge in [-0.05, 0) is 12.8 Å². The van der Waals surface area contributed by atoms with Gasteiger partial charge in [-0.2, -0.15) is 5.10 Å². The average Bonchev–Trinajstić information content (AvgIpc) is 2.66. The number of hydrogen-bond acceptors (Lipinski definition) is 5. The minimum atomic E-state index is -0.368. The highest BCUT2D eigenvalue weighted by Gasteiger charge is 2.29. The molecule has 0 fully saturated rings. The summed E-state index contributed by atoms with van der Waals surface area (Å²) in [5, 5.41) is 24.7. The van der Waals surface area contributed by atoms with E-state index >= 15 is 0 Å². The van der Waals surface area contributed by atoms with Gasteiger partial charge < -0.3 is 10.0 Å². The van der Waals surface area contributed by atoms with Gasteiger partial charge in [0.2, 0.25) is 5.82 Å². The molecule has 0 atom stereocenters. The maximum atomic E-state index is 11.3. The lowest BCUT2D eigenvalue weighted by Gasteiger charge is -2.22. The van der Waals surface area contributed by atoms with Crippen molar-refractivity contribution >= 4 is 11.5 Å². The van der Waals surface area contributed by atoms with E-state index in [1.54, 1.807) is 11.7 Å². The normalized spacial score (nSPS) is 10.7. The van der Waals surface area contributed by atoms with Crippen LogP contribution in [0, 0.1) is 10.1 Å². The van der Waals surface area contributed by atoms with Crippen molar-refractivity contribution in [2.45, 2.75) is 33.1 Å². The van der Waals surface area contributed by atoms with Crippen LogP contribution in [-0.2, 0) is 13.5 Å². The maximum Gasteiger partial charge on any atom is 0.334 e. The van der Waals surface area contributed by atoms with Crippen molar-refractivity contribution in [3.8, 4) is 0 Å². The summed E-state index contributed by atoms with van der Waals surface area (Å²) in [4.78, 5) is 12.8. The lowest BCUT2D eigenvalue weighted by molar-refractivity contribution is -0.384. The number of aliphatic hydroxyl groups excluding tert-OH is 1. The van der Waals surface area contributed by atoms with E-state index in [2.05, 4.69) is 5.10 Å². The molecular weight excluding hydrogens is 248 g/mol. The third-order valence-corrected chi connectivity index (χ3v) is 2.89. The van der Waals surface area contributed by atoms with E-state index in [0.29, 0.717) is 31.0 Å². The number of anilines is 1. The van der Waals surface area contributed by atoms with Crippen LogP contribution >= 0.6 is 0 Å². The van der Waals surface area contributed by atoms with Gasteiger partial charge in [0.1, 0.15) is 5.69 Å². The summed E-state index contributed by atoms with van der Waals surface area (Å²) >= 11 is 0. The molecule has 0 aliphatic heterocycles. The van der Waals surface area contributed by atoms with E-state index < -0.39 is 0 Å². The Morgan fingerprint density at radius 3 is 2.53 bits per heavy atom. The number of aromatic nitrogens is 2. The van der Waals surface area contributed by atoms with Crippen molar-refractivity contribution in [2.24, 2.45) is 7.05 Å². The molecule has 1 aromatic rings. The van der Waals surface area contributed by atoms with Gasteiger partial charge in [-0.25, -0.2) is 4.68 Å². The number of rotatable bonds is 8. The zero-order valence-electron chi connectivity index (χ0n) is 11.8. The number of aryl methyl sites for hydroxylation is 2. The van der Waals surface area contributed by atoms with E-state index in [1.165, 1.54) is 0 Å². The summed E-state index contributed by atoms with van der Waals surface area (Å²) in [6.07, 6.45) is 2.25. The van der Waals surface area contributed by atoms with E-state index in [0.717, 1.165) is 12.8 Å². The highest BCUT2D eigenvalue weighted by atomic mass is 16.6. The smallest absolute Gasteiger partial charge is 0.334 e. The molecule has 0 aromatic carbocycles. The average molecular weight is 270 g/mol. The van der Waals surface area contributed by atoms with E-state index in [-0.39, 0.29) is 17.2 Å². The SMILES string of the molecule is CCCc1nn(C)c(N(CCC)CCO)c1[N+](=O)[O-]. The first kappa shape index (κ1) is 15.4. The van der Waals surface area contributed by atoms with Gasteiger partial charge in [0.25, 0.3) is 0 Å². The van der Waals surface area contributed by atoms with Crippen LogP contribution in [0.3, 0.4) is 0 Å². The van der Waals surface area contributed by atoms with Gasteiger partial charge in [-0.1, -0.05) is 20.3 Å². The summed E-state index contributed by atoms with van der Waals surface area (Å²) in [5.41, 5.74) is 0.593. The molecule has 0 bridgehead atoms. The molecule has 0 amide bonds. The van der Waals surface area contributed by atoms with Crippen LogP contribution in [0.4, 0.5) is 11.5 Å². The molecular formula is C12H22N4O3. The third-order valence-electron chi connectivity index (χ3n) is 2.89. The molecule has 0 aliphatic carbocycles. The van der Waals surface area contributed by atoms with Crippen LogP contribution in [0.15, 0.2) is 0 Å². The first-order valence-corrected chi connectivity index (χ1v) is 6.62. The fourth-order valence-electron chi connectivity index (χ4n) is 2.22. The van der Waals surface area contributed by atoms with E-state index in [9.17, 15) is 10.1 Å². The van der Waals surface area contributed by atoms with Crippen molar-refractivity contribution < 1.29 is 10.0 Å². The van der Waals surface area contributed by atoms with Crippen LogP contribution in [0.25, 0.3) is 0 Å². The predicted molar refractivity (Wildman–Crippen MR) is 73.4 cm³/mol. The Bertz CT molecular complexity index is 425. The highest BCUT2D eigenvalue weighted by Crippen LogP contribution is 2.32. The Hall–Kier alpha value is -1.63. The Morgan fingerprint density at radius 2 is 2.05 bits per heavy atom. The van der Waals surface area contributed by atoms with Gasteiger partial charge in [0.15, 0.2) is 0 Å². The number of hydrogen-bond donors (Lipinski definition) is 1. The Kier molecular flexibility index (Phi) is 5.75. The standard InChI is InChI=1S/C12H22N4O3/c1-4-6-10-11(16(18)19)12(14(3)13-10)15(7-5-2)8-9-17/h17H,4-9H2,1-3H3. The van der Waals surface area contributed by atoms with Gasteiger partial charge in [0.05, 0.1) is 11.5 Å². The monoisotopic (exact) mass is 270 g/mol. The molecule has 1 aromatic heterocycles. The second-order valence-corrected chi connectivity index (χ2v) is 4.46. The molecule has 19 heavy (non-hydrogen) atoms. The topological polar surface area (TPSA) is 84.4 Å². The number of nitro groups is 1. The predicted octanol–water partition coefficient (Wildman–Crippen LogP) is 1.49. The van der Waals surface area contributed by atoms with Crippen molar-refractivity contribution in [2.75, 3.05) is 24.6 Å². The van der Waals surface area contributed by atoms with Crippen molar-refractivity contribution in [1.29, 1.82) is 0 Å². The lowest BCUT2D eigenvalue weighted by atomic mass is 10.2. The Morgan fingerprint density at radius 1 is 1.37 bits per heavy atom. The molecule has 0 aliphatic rings. The van der Waals surface area contributed by atoms with Crippen LogP contribution in [0.2, 0.25) is 0 Å². The minimum absolute atomic E-state index is 0.0363. The van der Waals surface area contributed by atoms with E-state index in [4.69, 9.17) is 5.11 Å². The second-order valence-electron chi connectivity index (χ2n) is 4.46. The molecule has 7 heteroatoms. The summed E-state index contributed by atoms with van der Waals surface area (Å²) in [6.45, 7) is 4.97. The van der Waals surface area contributed by atoms with Crippen molar-refractivity contribution in [3.05, 3.63) is 15.8 Å². The molecule has 108 valence electrons. The van der Waals surface area contributed by atoms with Crippen molar-refractivity contribution in [1.82, 2.24) is 9.78 Å². The maximum absolute atomic E-state index is 11.3. The quantitative estimate of drug-likeness (QED) is 0.571. The van der Waals surface area contributed by atoms with Gasteiger partial charge >= 0.3 is 5.69 Å². The van der Waals surface area contributed by atoms with Crippen LogP contribution in [-0.4, -0.2) is 39.5 Å². The molecule has 7 nitrogen and oxygen atoms in total. The first-order chi connectivity index (χ1) is 9.06. The molecule has 0 radical (unpaired) electrons. The molecule has 0 saturated heterocycles. The molecule has 1 N–H and O–H groups in total. The molecule has 0 unspecified atom stereocenters. The summed E-state index contributed by atoms with van der Waals surface area (Å²) in [5.74, 6) is 0.490. The minimum Gasteiger partial charge on any atom is -0.395 e. The van der Waals surface area contributed by atoms with Crippen LogP contribution in [0.5, 0.6) is 0 Å². The van der Waals surface area contributed by atoms with Crippen LogP contribution < -0.4 is 4.90 Å². The lowest BCUT2D eigenvalue weighted by Crippen LogP contribution is -2.29. The number of nitrogens with zero attached hydrogens (tertiary/aromatic N) is 4. The fraction of sp³-hybridized carbons (Fsp3) is 0.750. The molecule has 0 spiro atoms. The third kappa shape index (κ3) is 3.44. The Labute approximate surface area is 113 Å². The zero-order valence-corrected chi connectivity index (χ0v) is 11.8. The Balaban J connectivity index is 3.25. The summed E-state index contributed by atoms with van der Waals surface area (Å²) in [7, 11) is 1.71. The molecule has 1 rings (SSSR count). The zero-order chi connectivity index (χ0) is 14.4. The van der Waals surface area contributed by atoms with Gasteiger partial charge in [-0.15, -0.1) is 0 Å². The van der Waals surface area contributed by atoms with Crippen LogP contribution in [0.1, 0.15) is 32.4 Å². The van der Waals surface area contributed by atoms with Crippen molar-refractivity contribution in [3.63, 3.8) is 0 Å². The number of aliphatic hydroxyl groups is 1.